The third-order valence-electron chi connectivity index (χ3n) is 14.6. The quantitative estimate of drug-likeness (QED) is 0.0641. The van der Waals surface area contributed by atoms with Crippen molar-refractivity contribution in [2.24, 2.45) is 0 Å². The zero-order chi connectivity index (χ0) is 58.1. The Morgan fingerprint density at radius 3 is 0.795 bits per heavy atom. The predicted octanol–water partition coefficient (Wildman–Crippen LogP) is 12.0. The van der Waals surface area contributed by atoms with Crippen LogP contribution in [-0.2, 0) is 62.5 Å². The first-order valence-electron chi connectivity index (χ1n) is 26.7. The summed E-state index contributed by atoms with van der Waals surface area (Å²) < 4.78 is 45.2. The Labute approximate surface area is 478 Å². The number of rotatable bonds is 21. The van der Waals surface area contributed by atoms with Gasteiger partial charge in [-0.1, -0.05) is 0 Å². The molecule has 0 spiro atoms. The van der Waals surface area contributed by atoms with E-state index in [1.165, 1.54) is 9.81 Å². The van der Waals surface area contributed by atoms with Gasteiger partial charge in [0.05, 0.1) is 0 Å². The molecule has 0 aliphatic rings. The molecule has 0 heterocycles. The second kappa shape index (κ2) is 29.0. The molecule has 0 saturated heterocycles. The molecule has 0 aliphatic carbocycles. The number of carboxylic acid groups (broad SMARTS) is 2. The zero-order valence-corrected chi connectivity index (χ0v) is 56.1. The molecule has 10 nitrogen and oxygen atoms in total. The van der Waals surface area contributed by atoms with Crippen molar-refractivity contribution in [1.82, 2.24) is 0 Å². The number of hydrogen-bond donors (Lipinski definition) is 0. The molecule has 0 aliphatic heterocycles. The fraction of sp³-hybridized carbons (Fsp3) is 0.406. The van der Waals surface area contributed by atoms with Gasteiger partial charge in [0.25, 0.3) is 0 Å². The number of aliphatic carboxylic acids is 2. The van der Waals surface area contributed by atoms with Crippen LogP contribution in [0, 0.1) is 0 Å². The summed E-state index contributed by atoms with van der Waals surface area (Å²) in [5, 5.41) is 18.0. The van der Waals surface area contributed by atoms with E-state index in [9.17, 15) is 0 Å². The summed E-state index contributed by atoms with van der Waals surface area (Å²) in [6, 6.07) is 52.0. The summed E-state index contributed by atoms with van der Waals surface area (Å²) in [6.45, 7) is 39.5. The molecule has 0 N–H and O–H groups in total. The fourth-order valence-electron chi connectivity index (χ4n) is 6.93. The van der Waals surface area contributed by atoms with Crippen molar-refractivity contribution in [3.8, 4) is 17.2 Å². The normalized spacial score (nSPS) is 12.1. The summed E-state index contributed by atoms with van der Waals surface area (Å²) in [6.07, 6.45) is 0. The molecule has 0 bridgehead atoms. The average molecular weight is 1310 g/mol. The second-order valence-corrected chi connectivity index (χ2v) is 47.4. The molecule has 0 fully saturated rings. The van der Waals surface area contributed by atoms with E-state index in [1.54, 1.807) is 0 Å². The molecule has 6 rings (SSSR count). The molecule has 0 aromatic heterocycles. The van der Waals surface area contributed by atoms with Gasteiger partial charge in [0, 0.05) is 11.9 Å². The van der Waals surface area contributed by atoms with E-state index in [-0.39, 0.29) is 15.1 Å². The molecule has 0 atom stereocenters. The Kier molecular flexibility index (Phi) is 24.4. The van der Waals surface area contributed by atoms with Crippen LogP contribution < -0.4 is 34.2 Å². The predicted molar refractivity (Wildman–Crippen MR) is 324 cm³/mol. The third kappa shape index (κ3) is 21.6. The van der Waals surface area contributed by atoms with Crippen LogP contribution in [0.4, 0.5) is 0 Å². The van der Waals surface area contributed by atoms with Crippen LogP contribution in [-0.4, -0.2) is 58.6 Å². The summed E-state index contributed by atoms with van der Waals surface area (Å²) in [7, 11) is -6.32. The third-order valence-corrected chi connectivity index (χ3v) is 37.1. The Morgan fingerprint density at radius 2 is 0.590 bits per heavy atom. The maximum atomic E-state index is 8.89. The van der Waals surface area contributed by atoms with Crippen LogP contribution in [0.15, 0.2) is 146 Å². The molecule has 6 aromatic rings. The Bertz CT molecular complexity index is 2510. The number of carboxylic acids is 2. The Balaban J connectivity index is 0.00000153. The van der Waals surface area contributed by atoms with Crippen molar-refractivity contribution in [2.75, 3.05) is 0 Å². The van der Waals surface area contributed by atoms with E-state index in [4.69, 9.17) is 47.3 Å². The monoisotopic (exact) mass is 1310 g/mol. The molecular weight excluding hydrogens is 1220 g/mol. The number of carbonyl (C=O) groups is 2. The molecule has 0 saturated carbocycles. The van der Waals surface area contributed by atoms with Gasteiger partial charge in [-0.3, -0.25) is 0 Å². The van der Waals surface area contributed by atoms with Crippen LogP contribution in [0.5, 0.6) is 17.2 Å². The molecule has 420 valence electrons. The van der Waals surface area contributed by atoms with E-state index >= 15 is 0 Å². The van der Waals surface area contributed by atoms with Gasteiger partial charge in [-0.05, 0) is 13.8 Å². The molecule has 6 aromatic carbocycles. The van der Waals surface area contributed by atoms with Gasteiger partial charge in [-0.25, -0.2) is 0 Å². The number of benzene rings is 6. The number of hydrogen-bond acceptors (Lipinski definition) is 10. The van der Waals surface area contributed by atoms with E-state index < -0.39 is 58.6 Å². The van der Waals surface area contributed by atoms with Crippen molar-refractivity contribution in [1.29, 1.82) is 0 Å². The number of ether oxygens (including phenoxy) is 3. The minimum absolute atomic E-state index is 0.0603. The van der Waals surface area contributed by atoms with Gasteiger partial charge in [0.15, 0.2) is 0 Å². The van der Waals surface area contributed by atoms with E-state index in [0.717, 1.165) is 64.5 Å². The Hall–Kier alpha value is -4.93. The molecule has 14 heteroatoms. The maximum absolute atomic E-state index is 8.89. The summed E-state index contributed by atoms with van der Waals surface area (Å²) in [5.41, 5.74) is 6.70. The molecular formula is C64H87BiO10Si3. The minimum atomic E-state index is -3.46. The average Bonchev–Trinajstić information content (AvgIpc) is 3.35. The first kappa shape index (κ1) is 65.6. The summed E-state index contributed by atoms with van der Waals surface area (Å²) in [5.74, 6) is 0.350. The first-order valence-corrected chi connectivity index (χ1v) is 40.7. The van der Waals surface area contributed by atoms with Crippen LogP contribution in [0.2, 0.25) is 54.4 Å². The number of carbonyl (C=O) groups excluding carboxylic acids is 2. The van der Waals surface area contributed by atoms with Crippen molar-refractivity contribution in [3.63, 3.8) is 0 Å². The zero-order valence-electron chi connectivity index (χ0n) is 49.6. The van der Waals surface area contributed by atoms with E-state index in [2.05, 4.69) is 229 Å². The first-order chi connectivity index (χ1) is 36.2. The van der Waals surface area contributed by atoms with Crippen molar-refractivity contribution in [2.45, 2.75) is 170 Å². The Morgan fingerprint density at radius 1 is 0.372 bits per heavy atom. The van der Waals surface area contributed by atoms with Crippen LogP contribution >= 0.6 is 0 Å². The summed E-state index contributed by atoms with van der Waals surface area (Å²) in [4.78, 5) is 17.8. The van der Waals surface area contributed by atoms with Gasteiger partial charge in [0.1, 0.15) is 0 Å². The fourth-order valence-corrected chi connectivity index (χ4v) is 19.7. The van der Waals surface area contributed by atoms with E-state index in [1.807, 2.05) is 18.2 Å². The van der Waals surface area contributed by atoms with Gasteiger partial charge < -0.3 is 19.8 Å². The van der Waals surface area contributed by atoms with Crippen molar-refractivity contribution >= 4 is 68.5 Å². The SMILES string of the molecule is CC(=O)[O-].CC(=O)[O-].CC(C)(C)[Si](C)(C)OCc1cc(OCc2ccccc2)c[c]([Bi+2]([c]2cc(CO[Si](C)(C)C(C)(C)C)cc(OCc3ccccc3)c2)[c]2cc(CO[Si](C)(C)C(C)(C)C)cc(OCc3ccccc3)c2)c1. The standard InChI is InChI=1S/3C20H27O2Si.2C2H4O2.Bi/c3*1-20(2,3)23(4,5)22-16-18-12-9-13-19(14-18)21-15-17-10-7-6-8-11-17;2*1-2(3)4;/h3*6-8,10-14H,15-16H2,1-5H3;2*1H3,(H,3,4);/q;;;;;+2/p-2. The van der Waals surface area contributed by atoms with Gasteiger partial charge >= 0.3 is 437 Å². The van der Waals surface area contributed by atoms with Gasteiger partial charge in [-0.15, -0.1) is 0 Å². The van der Waals surface area contributed by atoms with E-state index in [0.29, 0.717) is 39.6 Å². The molecule has 0 unspecified atom stereocenters. The molecule has 0 amide bonds. The molecule has 0 radical (unpaired) electrons. The van der Waals surface area contributed by atoms with Gasteiger partial charge in [-0.2, -0.15) is 0 Å². The topological polar surface area (TPSA) is 136 Å². The summed E-state index contributed by atoms with van der Waals surface area (Å²) >= 11 is -3.46. The van der Waals surface area contributed by atoms with Crippen LogP contribution in [0.1, 0.15) is 110 Å². The van der Waals surface area contributed by atoms with Crippen LogP contribution in [0.25, 0.3) is 0 Å². The molecule has 78 heavy (non-hydrogen) atoms. The second-order valence-electron chi connectivity index (χ2n) is 24.3. The van der Waals surface area contributed by atoms with Crippen molar-refractivity contribution < 1.29 is 47.3 Å². The van der Waals surface area contributed by atoms with Crippen molar-refractivity contribution in [3.05, 3.63) is 179 Å². The van der Waals surface area contributed by atoms with Crippen LogP contribution in [0.3, 0.4) is 0 Å². The van der Waals surface area contributed by atoms with Gasteiger partial charge in [0.2, 0.25) is 0 Å².